The van der Waals surface area contributed by atoms with Crippen LogP contribution in [-0.2, 0) is 6.54 Å². The van der Waals surface area contributed by atoms with Gasteiger partial charge in [0, 0.05) is 6.54 Å². The Kier molecular flexibility index (Phi) is 8.17. The lowest BCUT2D eigenvalue weighted by atomic mass is 10.1. The largest absolute Gasteiger partial charge is 0.367 e. The van der Waals surface area contributed by atoms with Gasteiger partial charge in [0.25, 0.3) is 0 Å². The monoisotopic (exact) mass is 253 g/mol. The van der Waals surface area contributed by atoms with E-state index in [1.54, 1.807) is 4.68 Å². The van der Waals surface area contributed by atoms with Crippen LogP contribution in [0.3, 0.4) is 0 Å². The number of hydrogen-bond donors (Lipinski definition) is 1. The van der Waals surface area contributed by atoms with Crippen LogP contribution in [0, 0.1) is 0 Å². The number of nitrogens with zero attached hydrogens (tertiary/aromatic N) is 4. The summed E-state index contributed by atoms with van der Waals surface area (Å²) in [5, 5.41) is 11.0. The molecule has 0 aliphatic heterocycles. The van der Waals surface area contributed by atoms with Gasteiger partial charge in [0.15, 0.2) is 0 Å². The van der Waals surface area contributed by atoms with Crippen LogP contribution in [-0.4, -0.2) is 20.2 Å². The highest BCUT2D eigenvalue weighted by Gasteiger charge is 1.99. The Labute approximate surface area is 110 Å². The van der Waals surface area contributed by atoms with Crippen LogP contribution >= 0.6 is 0 Å². The molecule has 1 heterocycles. The highest BCUT2D eigenvalue weighted by atomic mass is 15.6. The van der Waals surface area contributed by atoms with E-state index in [1.165, 1.54) is 57.8 Å². The lowest BCUT2D eigenvalue weighted by Crippen LogP contribution is -2.05. The number of unbranched alkanes of at least 4 members (excludes halogenated alkanes) is 9. The molecule has 0 aromatic carbocycles. The standard InChI is InChI=1S/C13H27N5/c1-2-3-4-5-6-7-8-9-10-11-12-18-13(14)15-16-17-18/h2-12H2,1H3,(H2,14,15,17). The van der Waals surface area contributed by atoms with E-state index in [4.69, 9.17) is 5.73 Å². The van der Waals surface area contributed by atoms with Crippen molar-refractivity contribution in [2.24, 2.45) is 0 Å². The van der Waals surface area contributed by atoms with Crippen LogP contribution in [0.2, 0.25) is 0 Å². The van der Waals surface area contributed by atoms with E-state index < -0.39 is 0 Å². The van der Waals surface area contributed by atoms with Crippen LogP contribution < -0.4 is 5.73 Å². The van der Waals surface area contributed by atoms with Crippen LogP contribution in [0.25, 0.3) is 0 Å². The molecule has 5 heteroatoms. The summed E-state index contributed by atoms with van der Waals surface area (Å²) < 4.78 is 1.67. The first-order chi connectivity index (χ1) is 8.84. The molecule has 0 unspecified atom stereocenters. The van der Waals surface area contributed by atoms with Gasteiger partial charge in [-0.05, 0) is 16.8 Å². The maximum Gasteiger partial charge on any atom is 0.240 e. The van der Waals surface area contributed by atoms with Gasteiger partial charge in [0.2, 0.25) is 5.95 Å². The van der Waals surface area contributed by atoms with Crippen molar-refractivity contribution in [3.63, 3.8) is 0 Å². The number of rotatable bonds is 11. The molecule has 2 N–H and O–H groups in total. The maximum atomic E-state index is 5.59. The first kappa shape index (κ1) is 14.9. The SMILES string of the molecule is CCCCCCCCCCCCn1nnnc1N. The topological polar surface area (TPSA) is 69.6 Å². The van der Waals surface area contributed by atoms with E-state index >= 15 is 0 Å². The lowest BCUT2D eigenvalue weighted by Gasteiger charge is -2.03. The van der Waals surface area contributed by atoms with Crippen molar-refractivity contribution in [1.29, 1.82) is 0 Å². The summed E-state index contributed by atoms with van der Waals surface area (Å²) in [6.07, 6.45) is 13.4. The van der Waals surface area contributed by atoms with Gasteiger partial charge < -0.3 is 5.73 Å². The van der Waals surface area contributed by atoms with Gasteiger partial charge in [0.05, 0.1) is 0 Å². The molecule has 0 amide bonds. The summed E-state index contributed by atoms with van der Waals surface area (Å²) in [5.74, 6) is 0.422. The van der Waals surface area contributed by atoms with Gasteiger partial charge >= 0.3 is 0 Å². The molecule has 5 nitrogen and oxygen atoms in total. The summed E-state index contributed by atoms with van der Waals surface area (Å²) >= 11 is 0. The number of aromatic nitrogens is 4. The van der Waals surface area contributed by atoms with Crippen LogP contribution in [0.5, 0.6) is 0 Å². The van der Waals surface area contributed by atoms with Crippen molar-refractivity contribution < 1.29 is 0 Å². The highest BCUT2D eigenvalue weighted by Crippen LogP contribution is 2.10. The molecule has 0 fully saturated rings. The molecule has 0 aliphatic carbocycles. The molecular weight excluding hydrogens is 226 g/mol. The zero-order valence-electron chi connectivity index (χ0n) is 11.6. The molecule has 0 saturated heterocycles. The number of nitrogens with two attached hydrogens (primary N) is 1. The summed E-state index contributed by atoms with van der Waals surface area (Å²) in [6, 6.07) is 0. The van der Waals surface area contributed by atoms with Crippen LogP contribution in [0.4, 0.5) is 5.95 Å². The molecule has 0 atom stereocenters. The van der Waals surface area contributed by atoms with E-state index in [1.807, 2.05) is 0 Å². The Balaban J connectivity index is 1.83. The molecule has 0 aliphatic rings. The summed E-state index contributed by atoms with van der Waals surface area (Å²) in [6.45, 7) is 3.10. The number of hydrogen-bond acceptors (Lipinski definition) is 4. The lowest BCUT2D eigenvalue weighted by molar-refractivity contribution is 0.511. The Morgan fingerprint density at radius 3 is 1.94 bits per heavy atom. The second kappa shape index (κ2) is 9.85. The zero-order chi connectivity index (χ0) is 13.1. The van der Waals surface area contributed by atoms with Gasteiger partial charge in [-0.1, -0.05) is 69.8 Å². The van der Waals surface area contributed by atoms with Crippen molar-refractivity contribution in [3.05, 3.63) is 0 Å². The van der Waals surface area contributed by atoms with E-state index in [0.717, 1.165) is 13.0 Å². The zero-order valence-corrected chi connectivity index (χ0v) is 11.6. The smallest absolute Gasteiger partial charge is 0.240 e. The van der Waals surface area contributed by atoms with E-state index in [-0.39, 0.29) is 0 Å². The average Bonchev–Trinajstić information content (AvgIpc) is 2.77. The van der Waals surface area contributed by atoms with E-state index in [0.29, 0.717) is 5.95 Å². The van der Waals surface area contributed by atoms with Crippen LogP contribution in [0.1, 0.15) is 71.1 Å². The third-order valence-electron chi connectivity index (χ3n) is 3.28. The minimum absolute atomic E-state index is 0.422. The number of aryl methyl sites for hydroxylation is 1. The Morgan fingerprint density at radius 2 is 1.44 bits per heavy atom. The molecule has 1 aromatic rings. The predicted octanol–water partition coefficient (Wildman–Crippen LogP) is 3.18. The Morgan fingerprint density at radius 1 is 0.889 bits per heavy atom. The van der Waals surface area contributed by atoms with Crippen molar-refractivity contribution in [2.45, 2.75) is 77.7 Å². The van der Waals surface area contributed by atoms with E-state index in [2.05, 4.69) is 22.4 Å². The van der Waals surface area contributed by atoms with E-state index in [9.17, 15) is 0 Å². The predicted molar refractivity (Wildman–Crippen MR) is 74.1 cm³/mol. The van der Waals surface area contributed by atoms with Crippen molar-refractivity contribution in [1.82, 2.24) is 20.2 Å². The molecule has 18 heavy (non-hydrogen) atoms. The fourth-order valence-corrected chi connectivity index (χ4v) is 2.12. The first-order valence-corrected chi connectivity index (χ1v) is 7.36. The molecule has 104 valence electrons. The first-order valence-electron chi connectivity index (χ1n) is 7.36. The normalized spacial score (nSPS) is 10.9. The third kappa shape index (κ3) is 6.57. The van der Waals surface area contributed by atoms with Crippen LogP contribution in [0.15, 0.2) is 0 Å². The second-order valence-electron chi connectivity index (χ2n) is 4.94. The maximum absolute atomic E-state index is 5.59. The van der Waals surface area contributed by atoms with Gasteiger partial charge in [0.1, 0.15) is 0 Å². The summed E-state index contributed by atoms with van der Waals surface area (Å²) in [7, 11) is 0. The summed E-state index contributed by atoms with van der Waals surface area (Å²) in [4.78, 5) is 0. The van der Waals surface area contributed by atoms with Crippen molar-refractivity contribution in [2.75, 3.05) is 5.73 Å². The minimum Gasteiger partial charge on any atom is -0.367 e. The van der Waals surface area contributed by atoms with Gasteiger partial charge in [-0.25, -0.2) is 4.68 Å². The van der Waals surface area contributed by atoms with Gasteiger partial charge in [-0.3, -0.25) is 0 Å². The quantitative estimate of drug-likeness (QED) is 0.615. The van der Waals surface area contributed by atoms with Crippen molar-refractivity contribution >= 4 is 5.95 Å². The fourth-order valence-electron chi connectivity index (χ4n) is 2.12. The molecule has 0 saturated carbocycles. The van der Waals surface area contributed by atoms with Gasteiger partial charge in [-0.15, -0.1) is 0 Å². The Hall–Kier alpha value is -1.13. The highest BCUT2D eigenvalue weighted by molar-refractivity contribution is 5.09. The Bertz CT molecular complexity index is 297. The molecule has 0 spiro atoms. The molecule has 1 rings (SSSR count). The number of nitrogen functional groups attached to an aromatic ring is 1. The average molecular weight is 253 g/mol. The second-order valence-corrected chi connectivity index (χ2v) is 4.94. The fraction of sp³-hybridized carbons (Fsp3) is 0.923. The van der Waals surface area contributed by atoms with Crippen molar-refractivity contribution in [3.8, 4) is 0 Å². The molecule has 0 bridgehead atoms. The molecular formula is C13H27N5. The minimum atomic E-state index is 0.422. The molecule has 0 radical (unpaired) electrons. The number of tetrazole rings is 1. The third-order valence-corrected chi connectivity index (χ3v) is 3.28. The number of anilines is 1. The molecule has 1 aromatic heterocycles. The summed E-state index contributed by atoms with van der Waals surface area (Å²) in [5.41, 5.74) is 5.59. The van der Waals surface area contributed by atoms with Gasteiger partial charge in [-0.2, -0.15) is 0 Å².